The van der Waals surface area contributed by atoms with Crippen LogP contribution >= 0.6 is 0 Å². The molecule has 0 aliphatic heterocycles. The smallest absolute Gasteiger partial charge is 0.0894 e. The number of nitrogens with zero attached hydrogens (tertiary/aromatic N) is 2. The number of aromatic nitrogens is 2. The Balaban J connectivity index is 1.56. The lowest BCUT2D eigenvalue weighted by atomic mass is 10.1. The standard InChI is InChI=1S/C48H52N2/c1-5-9-37-13-21-41(22-14-37)29-33-45-46(34-30-42-23-15-38(10-6-2)16-24-42)50-48(36-32-44-27-19-40(12-8-4)20-28-44)47(49-45)35-31-43-25-17-39(11-7-3)18-26-43/h13-36H,5-12H2,1-4H3. The Hall–Kier alpha value is -5.08. The Bertz CT molecular complexity index is 1610. The molecule has 5 rings (SSSR count). The molecule has 2 heteroatoms. The molecule has 0 atom stereocenters. The second kappa shape index (κ2) is 19.2. The Morgan fingerprint density at radius 2 is 0.500 bits per heavy atom. The summed E-state index contributed by atoms with van der Waals surface area (Å²) in [4.78, 5) is 10.5. The van der Waals surface area contributed by atoms with Crippen LogP contribution in [0, 0.1) is 0 Å². The topological polar surface area (TPSA) is 25.8 Å². The molecule has 50 heavy (non-hydrogen) atoms. The molecule has 0 radical (unpaired) electrons. The van der Waals surface area contributed by atoms with Crippen LogP contribution in [0.5, 0.6) is 0 Å². The molecule has 0 bridgehead atoms. The number of hydrogen-bond acceptors (Lipinski definition) is 2. The Labute approximate surface area is 301 Å². The van der Waals surface area contributed by atoms with Crippen LogP contribution in [-0.2, 0) is 25.7 Å². The van der Waals surface area contributed by atoms with Gasteiger partial charge in [-0.25, -0.2) is 9.97 Å². The van der Waals surface area contributed by atoms with Crippen LogP contribution in [0.3, 0.4) is 0 Å². The van der Waals surface area contributed by atoms with Gasteiger partial charge in [-0.15, -0.1) is 0 Å². The number of benzene rings is 4. The van der Waals surface area contributed by atoms with Crippen LogP contribution in [0.25, 0.3) is 48.6 Å². The SMILES string of the molecule is CCCc1ccc(C=Cc2nc(C=Cc3ccc(CCC)cc3)c(C=Cc3ccc(CCC)cc3)nc2C=Cc2ccc(CCC)cc2)cc1. The summed E-state index contributed by atoms with van der Waals surface area (Å²) in [5, 5.41) is 0. The largest absolute Gasteiger partial charge is 0.245 e. The monoisotopic (exact) mass is 656 g/mol. The van der Waals surface area contributed by atoms with Crippen LogP contribution in [0.15, 0.2) is 97.1 Å². The van der Waals surface area contributed by atoms with Gasteiger partial charge in [-0.1, -0.05) is 175 Å². The van der Waals surface area contributed by atoms with Gasteiger partial charge in [0.2, 0.25) is 0 Å². The zero-order chi connectivity index (χ0) is 35.0. The van der Waals surface area contributed by atoms with E-state index in [1.807, 2.05) is 0 Å². The van der Waals surface area contributed by atoms with Crippen molar-refractivity contribution in [3.05, 3.63) is 164 Å². The quantitative estimate of drug-likeness (QED) is 0.106. The summed E-state index contributed by atoms with van der Waals surface area (Å²) in [5.41, 5.74) is 13.4. The van der Waals surface area contributed by atoms with E-state index in [1.165, 1.54) is 22.3 Å². The molecule has 0 unspecified atom stereocenters. The molecular weight excluding hydrogens is 605 g/mol. The highest BCUT2D eigenvalue weighted by atomic mass is 14.8. The lowest BCUT2D eigenvalue weighted by Gasteiger charge is -2.08. The van der Waals surface area contributed by atoms with E-state index in [0.29, 0.717) is 0 Å². The van der Waals surface area contributed by atoms with E-state index in [-0.39, 0.29) is 0 Å². The van der Waals surface area contributed by atoms with E-state index < -0.39 is 0 Å². The van der Waals surface area contributed by atoms with Gasteiger partial charge in [0.05, 0.1) is 22.8 Å². The highest BCUT2D eigenvalue weighted by molar-refractivity contribution is 5.81. The predicted molar refractivity (Wildman–Crippen MR) is 219 cm³/mol. The van der Waals surface area contributed by atoms with Crippen molar-refractivity contribution in [1.82, 2.24) is 9.97 Å². The van der Waals surface area contributed by atoms with Crippen LogP contribution < -0.4 is 0 Å². The highest BCUT2D eigenvalue weighted by Crippen LogP contribution is 2.21. The van der Waals surface area contributed by atoms with Crippen LogP contribution in [0.2, 0.25) is 0 Å². The lowest BCUT2D eigenvalue weighted by Crippen LogP contribution is -2.00. The first-order chi connectivity index (χ1) is 24.6. The van der Waals surface area contributed by atoms with Gasteiger partial charge in [-0.2, -0.15) is 0 Å². The normalized spacial score (nSPS) is 11.9. The van der Waals surface area contributed by atoms with Crippen molar-refractivity contribution in [2.24, 2.45) is 0 Å². The number of aryl methyl sites for hydroxylation is 4. The molecule has 0 amide bonds. The first-order valence-electron chi connectivity index (χ1n) is 18.6. The lowest BCUT2D eigenvalue weighted by molar-refractivity contribution is 0.922. The minimum absolute atomic E-state index is 0.834. The van der Waals surface area contributed by atoms with E-state index in [1.54, 1.807) is 0 Å². The summed E-state index contributed by atoms with van der Waals surface area (Å²) in [6.07, 6.45) is 25.9. The van der Waals surface area contributed by atoms with Gasteiger partial charge in [0.25, 0.3) is 0 Å². The summed E-state index contributed by atoms with van der Waals surface area (Å²) in [6, 6.07) is 35.3. The first kappa shape index (κ1) is 36.2. The zero-order valence-corrected chi connectivity index (χ0v) is 30.4. The molecule has 0 spiro atoms. The first-order valence-corrected chi connectivity index (χ1v) is 18.6. The van der Waals surface area contributed by atoms with Gasteiger partial charge >= 0.3 is 0 Å². The fraction of sp³-hybridized carbons (Fsp3) is 0.250. The molecule has 254 valence electrons. The van der Waals surface area contributed by atoms with Crippen molar-refractivity contribution in [2.45, 2.75) is 79.1 Å². The third-order valence-electron chi connectivity index (χ3n) is 8.81. The molecule has 1 aromatic heterocycles. The summed E-state index contributed by atoms with van der Waals surface area (Å²) < 4.78 is 0. The fourth-order valence-corrected chi connectivity index (χ4v) is 6.02. The van der Waals surface area contributed by atoms with Gasteiger partial charge < -0.3 is 0 Å². The van der Waals surface area contributed by atoms with Crippen molar-refractivity contribution in [2.75, 3.05) is 0 Å². The minimum atomic E-state index is 0.834. The summed E-state index contributed by atoms with van der Waals surface area (Å²) in [5.74, 6) is 0. The summed E-state index contributed by atoms with van der Waals surface area (Å²) in [7, 11) is 0. The summed E-state index contributed by atoms with van der Waals surface area (Å²) >= 11 is 0. The molecule has 4 aromatic carbocycles. The highest BCUT2D eigenvalue weighted by Gasteiger charge is 2.09. The van der Waals surface area contributed by atoms with Crippen molar-refractivity contribution >= 4 is 48.6 Å². The molecule has 5 aromatic rings. The Morgan fingerprint density at radius 3 is 0.680 bits per heavy atom. The van der Waals surface area contributed by atoms with Crippen LogP contribution in [0.4, 0.5) is 0 Å². The Kier molecular flexibility index (Phi) is 13.9. The fourth-order valence-electron chi connectivity index (χ4n) is 6.02. The van der Waals surface area contributed by atoms with Crippen molar-refractivity contribution < 1.29 is 0 Å². The average molecular weight is 657 g/mol. The molecule has 0 fully saturated rings. The number of hydrogen-bond donors (Lipinski definition) is 0. The van der Waals surface area contributed by atoms with Crippen molar-refractivity contribution in [1.29, 1.82) is 0 Å². The average Bonchev–Trinajstić information content (AvgIpc) is 3.14. The van der Waals surface area contributed by atoms with E-state index in [4.69, 9.17) is 9.97 Å². The minimum Gasteiger partial charge on any atom is -0.245 e. The second-order valence-electron chi connectivity index (χ2n) is 13.1. The third-order valence-corrected chi connectivity index (χ3v) is 8.81. The van der Waals surface area contributed by atoms with Gasteiger partial charge in [0.15, 0.2) is 0 Å². The molecule has 0 saturated carbocycles. The maximum atomic E-state index is 5.26. The maximum Gasteiger partial charge on any atom is 0.0894 e. The molecule has 0 aliphatic rings. The van der Waals surface area contributed by atoms with E-state index >= 15 is 0 Å². The van der Waals surface area contributed by atoms with Gasteiger partial charge in [0.1, 0.15) is 0 Å². The van der Waals surface area contributed by atoms with Crippen LogP contribution in [-0.4, -0.2) is 9.97 Å². The molecule has 1 heterocycles. The van der Waals surface area contributed by atoms with Crippen LogP contribution in [0.1, 0.15) is 121 Å². The molecule has 2 nitrogen and oxygen atoms in total. The molecule has 0 N–H and O–H groups in total. The van der Waals surface area contributed by atoms with E-state index in [0.717, 1.165) is 96.4 Å². The van der Waals surface area contributed by atoms with Gasteiger partial charge in [-0.3, -0.25) is 0 Å². The van der Waals surface area contributed by atoms with Crippen molar-refractivity contribution in [3.8, 4) is 0 Å². The second-order valence-corrected chi connectivity index (χ2v) is 13.1. The predicted octanol–water partition coefficient (Wildman–Crippen LogP) is 13.0. The zero-order valence-electron chi connectivity index (χ0n) is 30.4. The maximum absolute atomic E-state index is 5.26. The van der Waals surface area contributed by atoms with Gasteiger partial charge in [0, 0.05) is 0 Å². The number of rotatable bonds is 16. The summed E-state index contributed by atoms with van der Waals surface area (Å²) in [6.45, 7) is 8.88. The van der Waals surface area contributed by atoms with E-state index in [2.05, 4.69) is 173 Å². The van der Waals surface area contributed by atoms with Gasteiger partial charge in [-0.05, 0) is 94.5 Å². The molecule has 0 aliphatic carbocycles. The molecular formula is C48H52N2. The molecule has 0 saturated heterocycles. The van der Waals surface area contributed by atoms with Crippen molar-refractivity contribution in [3.63, 3.8) is 0 Å². The Morgan fingerprint density at radius 1 is 0.300 bits per heavy atom. The third kappa shape index (κ3) is 11.0. The van der Waals surface area contributed by atoms with E-state index in [9.17, 15) is 0 Å².